The number of hydrogen-bond donors (Lipinski definition) is 1. The molecule has 2 nitrogen and oxygen atoms in total. The molecular weight excluding hydrogens is 242 g/mol. The van der Waals surface area contributed by atoms with Crippen LogP contribution in [-0.2, 0) is 11.3 Å². The molecule has 0 heterocycles. The highest BCUT2D eigenvalue weighted by Gasteiger charge is 1.95. The third-order valence-electron chi connectivity index (χ3n) is 1.75. The summed E-state index contributed by atoms with van der Waals surface area (Å²) in [4.78, 5) is 0. The quantitative estimate of drug-likeness (QED) is 0.821. The molecule has 14 heavy (non-hydrogen) atoms. The second-order valence-corrected chi connectivity index (χ2v) is 3.99. The molecule has 0 aromatic heterocycles. The molecule has 3 heteroatoms. The Labute approximate surface area is 92.9 Å². The average Bonchev–Trinajstić information content (AvgIpc) is 2.17. The van der Waals surface area contributed by atoms with Crippen LogP contribution in [0.2, 0.25) is 0 Å². The van der Waals surface area contributed by atoms with Gasteiger partial charge in [0.2, 0.25) is 0 Å². The molecule has 0 saturated carbocycles. The first-order valence-corrected chi connectivity index (χ1v) is 5.20. The van der Waals surface area contributed by atoms with E-state index in [4.69, 9.17) is 10.5 Å². The van der Waals surface area contributed by atoms with Gasteiger partial charge in [-0.15, -0.1) is 0 Å². The summed E-state index contributed by atoms with van der Waals surface area (Å²) >= 11 is 3.40. The van der Waals surface area contributed by atoms with E-state index in [1.54, 1.807) is 0 Å². The molecule has 76 valence electrons. The Morgan fingerprint density at radius 2 is 2.29 bits per heavy atom. The third kappa shape index (κ3) is 4.05. The van der Waals surface area contributed by atoms with Crippen LogP contribution in [0.3, 0.4) is 0 Å². The van der Waals surface area contributed by atoms with E-state index in [9.17, 15) is 0 Å². The van der Waals surface area contributed by atoms with Crippen molar-refractivity contribution in [3.05, 3.63) is 46.5 Å². The van der Waals surface area contributed by atoms with Crippen molar-refractivity contribution in [3.8, 4) is 0 Å². The predicted octanol–water partition coefficient (Wildman–Crippen LogP) is 2.48. The van der Waals surface area contributed by atoms with Crippen LogP contribution < -0.4 is 5.73 Å². The molecule has 0 unspecified atom stereocenters. The minimum atomic E-state index is 0.485. The molecule has 1 aromatic carbocycles. The van der Waals surface area contributed by atoms with E-state index in [0.29, 0.717) is 19.8 Å². The summed E-state index contributed by atoms with van der Waals surface area (Å²) < 4.78 is 6.49. The molecule has 0 fully saturated rings. The van der Waals surface area contributed by atoms with Crippen molar-refractivity contribution in [2.24, 2.45) is 5.73 Å². The number of ether oxygens (including phenoxy) is 1. The highest BCUT2D eigenvalue weighted by atomic mass is 79.9. The molecule has 0 spiro atoms. The number of nitrogens with two attached hydrogens (primary N) is 1. The second-order valence-electron chi connectivity index (χ2n) is 3.08. The normalized spacial score (nSPS) is 10.1. The van der Waals surface area contributed by atoms with Gasteiger partial charge in [-0.3, -0.25) is 0 Å². The van der Waals surface area contributed by atoms with E-state index in [-0.39, 0.29) is 0 Å². The molecule has 0 radical (unpaired) electrons. The Balaban J connectivity index is 2.35. The monoisotopic (exact) mass is 255 g/mol. The lowest BCUT2D eigenvalue weighted by Gasteiger charge is -2.05. The summed E-state index contributed by atoms with van der Waals surface area (Å²) in [5, 5.41) is 0. The first-order valence-electron chi connectivity index (χ1n) is 4.41. The lowest BCUT2D eigenvalue weighted by molar-refractivity contribution is 0.142. The van der Waals surface area contributed by atoms with Crippen molar-refractivity contribution >= 4 is 15.9 Å². The number of rotatable bonds is 5. The fourth-order valence-corrected chi connectivity index (χ4v) is 1.45. The smallest absolute Gasteiger partial charge is 0.0721 e. The van der Waals surface area contributed by atoms with Gasteiger partial charge in [-0.1, -0.05) is 34.6 Å². The molecule has 1 rings (SSSR count). The van der Waals surface area contributed by atoms with E-state index in [1.807, 2.05) is 24.3 Å². The van der Waals surface area contributed by atoms with Gasteiger partial charge in [0.25, 0.3) is 0 Å². The van der Waals surface area contributed by atoms with Gasteiger partial charge in [0.1, 0.15) is 0 Å². The first kappa shape index (κ1) is 11.4. The van der Waals surface area contributed by atoms with Crippen LogP contribution in [0, 0.1) is 0 Å². The molecule has 0 bridgehead atoms. The van der Waals surface area contributed by atoms with Crippen molar-refractivity contribution in [2.45, 2.75) is 6.61 Å². The molecule has 0 saturated heterocycles. The van der Waals surface area contributed by atoms with E-state index in [1.165, 1.54) is 0 Å². The highest BCUT2D eigenvalue weighted by Crippen LogP contribution is 2.12. The third-order valence-corrected chi connectivity index (χ3v) is 2.25. The molecule has 0 aliphatic carbocycles. The molecule has 0 aliphatic rings. The molecule has 0 aliphatic heterocycles. The Hall–Kier alpha value is -0.640. The number of halogens is 1. The van der Waals surface area contributed by atoms with Crippen LogP contribution in [0.25, 0.3) is 0 Å². The lowest BCUT2D eigenvalue weighted by Crippen LogP contribution is -2.07. The van der Waals surface area contributed by atoms with E-state index >= 15 is 0 Å². The maximum Gasteiger partial charge on any atom is 0.0721 e. The van der Waals surface area contributed by atoms with Gasteiger partial charge in [0, 0.05) is 11.0 Å². The van der Waals surface area contributed by atoms with Crippen LogP contribution in [0.5, 0.6) is 0 Å². The Morgan fingerprint density at radius 1 is 1.50 bits per heavy atom. The van der Waals surface area contributed by atoms with Crippen LogP contribution in [0.15, 0.2) is 40.9 Å². The zero-order chi connectivity index (χ0) is 10.4. The van der Waals surface area contributed by atoms with E-state index in [0.717, 1.165) is 15.6 Å². The van der Waals surface area contributed by atoms with Crippen LogP contribution in [-0.4, -0.2) is 13.2 Å². The van der Waals surface area contributed by atoms with Crippen molar-refractivity contribution in [2.75, 3.05) is 13.2 Å². The summed E-state index contributed by atoms with van der Waals surface area (Å²) in [5.74, 6) is 0. The van der Waals surface area contributed by atoms with E-state index in [2.05, 4.69) is 22.5 Å². The molecule has 0 amide bonds. The lowest BCUT2D eigenvalue weighted by atomic mass is 10.2. The van der Waals surface area contributed by atoms with Gasteiger partial charge < -0.3 is 10.5 Å². The average molecular weight is 256 g/mol. The zero-order valence-electron chi connectivity index (χ0n) is 8.00. The van der Waals surface area contributed by atoms with Crippen molar-refractivity contribution in [1.82, 2.24) is 0 Å². The minimum absolute atomic E-state index is 0.485. The Bertz CT molecular complexity index is 312. The summed E-state index contributed by atoms with van der Waals surface area (Å²) in [7, 11) is 0. The van der Waals surface area contributed by atoms with Gasteiger partial charge in [-0.25, -0.2) is 0 Å². The van der Waals surface area contributed by atoms with Crippen molar-refractivity contribution in [3.63, 3.8) is 0 Å². The number of hydrogen-bond acceptors (Lipinski definition) is 2. The molecular formula is C11H14BrNO. The molecule has 1 aromatic rings. The summed E-state index contributed by atoms with van der Waals surface area (Å²) in [6, 6.07) is 8.03. The molecule has 0 atom stereocenters. The second kappa shape index (κ2) is 5.96. The van der Waals surface area contributed by atoms with Gasteiger partial charge in [-0.2, -0.15) is 0 Å². The maximum absolute atomic E-state index is 5.43. The van der Waals surface area contributed by atoms with Gasteiger partial charge in [0.05, 0.1) is 13.2 Å². The van der Waals surface area contributed by atoms with E-state index < -0.39 is 0 Å². The summed E-state index contributed by atoms with van der Waals surface area (Å²) in [6.07, 6.45) is 0. The van der Waals surface area contributed by atoms with Gasteiger partial charge in [-0.05, 0) is 23.3 Å². The SMILES string of the molecule is C=C(CN)COCc1cccc(Br)c1. The highest BCUT2D eigenvalue weighted by molar-refractivity contribution is 9.10. The topological polar surface area (TPSA) is 35.2 Å². The first-order chi connectivity index (χ1) is 6.72. The zero-order valence-corrected chi connectivity index (χ0v) is 9.59. The summed E-state index contributed by atoms with van der Waals surface area (Å²) in [6.45, 7) is 5.37. The van der Waals surface area contributed by atoms with Crippen molar-refractivity contribution < 1.29 is 4.74 Å². The fourth-order valence-electron chi connectivity index (χ4n) is 0.999. The van der Waals surface area contributed by atoms with Crippen LogP contribution >= 0.6 is 15.9 Å². The number of benzene rings is 1. The van der Waals surface area contributed by atoms with Gasteiger partial charge in [0.15, 0.2) is 0 Å². The Kier molecular flexibility index (Phi) is 4.87. The van der Waals surface area contributed by atoms with Crippen molar-refractivity contribution in [1.29, 1.82) is 0 Å². The predicted molar refractivity (Wildman–Crippen MR) is 62.0 cm³/mol. The van der Waals surface area contributed by atoms with Gasteiger partial charge >= 0.3 is 0 Å². The van der Waals surface area contributed by atoms with Crippen LogP contribution in [0.1, 0.15) is 5.56 Å². The van der Waals surface area contributed by atoms with Crippen LogP contribution in [0.4, 0.5) is 0 Å². The Morgan fingerprint density at radius 3 is 2.93 bits per heavy atom. The summed E-state index contributed by atoms with van der Waals surface area (Å²) in [5.41, 5.74) is 7.45. The minimum Gasteiger partial charge on any atom is -0.372 e. The standard InChI is InChI=1S/C11H14BrNO/c1-9(6-13)7-14-8-10-3-2-4-11(12)5-10/h2-5H,1,6-8,13H2. The fraction of sp³-hybridized carbons (Fsp3) is 0.273. The maximum atomic E-state index is 5.43. The molecule has 2 N–H and O–H groups in total. The largest absolute Gasteiger partial charge is 0.372 e.